The van der Waals surface area contributed by atoms with Crippen molar-refractivity contribution in [2.24, 2.45) is 0 Å². The van der Waals surface area contributed by atoms with Crippen molar-refractivity contribution in [2.75, 3.05) is 44.9 Å². The molecule has 2 atom stereocenters. The van der Waals surface area contributed by atoms with E-state index in [4.69, 9.17) is 14.2 Å². The number of hydrogen-bond acceptors (Lipinski definition) is 6. The fraction of sp³-hybridized carbons (Fsp3) is 0.476. The van der Waals surface area contributed by atoms with E-state index in [0.29, 0.717) is 56.5 Å². The zero-order valence-electron chi connectivity index (χ0n) is 16.8. The monoisotopic (exact) mass is 412 g/mol. The van der Waals surface area contributed by atoms with E-state index in [2.05, 4.69) is 5.10 Å². The number of amides is 2. The van der Waals surface area contributed by atoms with E-state index in [1.807, 2.05) is 30.5 Å². The first-order valence-electron chi connectivity index (χ1n) is 10.2. The van der Waals surface area contributed by atoms with Gasteiger partial charge in [0, 0.05) is 25.4 Å². The molecule has 0 aliphatic carbocycles. The molecule has 5 rings (SSSR count). The van der Waals surface area contributed by atoms with Gasteiger partial charge in [0.05, 0.1) is 32.1 Å². The Morgan fingerprint density at radius 3 is 2.87 bits per heavy atom. The summed E-state index contributed by atoms with van der Waals surface area (Å²) in [6.07, 6.45) is 2.47. The third-order valence-corrected chi connectivity index (χ3v) is 5.81. The number of likely N-dealkylation sites (N-methyl/N-ethyl adjacent to an activating group) is 1. The molecule has 158 valence electrons. The summed E-state index contributed by atoms with van der Waals surface area (Å²) in [4.78, 5) is 29.5. The Morgan fingerprint density at radius 2 is 2.03 bits per heavy atom. The number of fused-ring (bicyclic) bond motifs is 2. The van der Waals surface area contributed by atoms with Crippen LogP contribution in [0.25, 0.3) is 0 Å². The van der Waals surface area contributed by atoms with Crippen LogP contribution in [0.1, 0.15) is 16.1 Å². The third kappa shape index (κ3) is 3.33. The highest BCUT2D eigenvalue weighted by atomic mass is 16.6. The van der Waals surface area contributed by atoms with Crippen LogP contribution in [-0.4, -0.2) is 78.7 Å². The van der Waals surface area contributed by atoms with Crippen molar-refractivity contribution in [3.63, 3.8) is 0 Å². The van der Waals surface area contributed by atoms with Crippen LogP contribution in [0.5, 0.6) is 5.75 Å². The molecule has 3 aliphatic heterocycles. The molecule has 1 saturated heterocycles. The number of carbonyl (C=O) groups excluding carboxylic acids is 2. The summed E-state index contributed by atoms with van der Waals surface area (Å²) in [5.41, 5.74) is 2.00. The first kappa shape index (κ1) is 19.1. The van der Waals surface area contributed by atoms with E-state index in [9.17, 15) is 9.59 Å². The Balaban J connectivity index is 1.35. The second-order valence-corrected chi connectivity index (χ2v) is 7.73. The Bertz CT molecular complexity index is 968. The summed E-state index contributed by atoms with van der Waals surface area (Å²) in [5, 5.41) is 4.50. The maximum Gasteiger partial charge on any atom is 0.275 e. The molecule has 9 heteroatoms. The molecule has 1 aromatic heterocycles. The second-order valence-electron chi connectivity index (χ2n) is 7.73. The quantitative estimate of drug-likeness (QED) is 0.739. The summed E-state index contributed by atoms with van der Waals surface area (Å²) in [5.74, 6) is 0.237. The molecular weight excluding hydrogens is 388 g/mol. The minimum absolute atomic E-state index is 0.0738. The van der Waals surface area contributed by atoms with Crippen molar-refractivity contribution in [1.82, 2.24) is 14.7 Å². The van der Waals surface area contributed by atoms with E-state index in [-0.39, 0.29) is 24.5 Å². The average Bonchev–Trinajstić information content (AvgIpc) is 3.13. The predicted octanol–water partition coefficient (Wildman–Crippen LogP) is 0.721. The summed E-state index contributed by atoms with van der Waals surface area (Å²) >= 11 is 0. The standard InChI is InChI=1S/C21H24N4O5/c1-23-16-4-2-3-5-18(16)30-13-17(20(23)26)25-7-6-14-10-24(22-19(14)21(25)27)11-15-12-28-8-9-29-15/h2-5,10,15,17H,6-9,11-13H2,1H3/t15?,17-/m0/s1. The van der Waals surface area contributed by atoms with Crippen LogP contribution in [0.15, 0.2) is 30.5 Å². The van der Waals surface area contributed by atoms with Gasteiger partial charge in [-0.2, -0.15) is 5.10 Å². The molecule has 2 aromatic rings. The van der Waals surface area contributed by atoms with Gasteiger partial charge in [-0.3, -0.25) is 14.3 Å². The van der Waals surface area contributed by atoms with E-state index >= 15 is 0 Å². The van der Waals surface area contributed by atoms with Gasteiger partial charge in [-0.1, -0.05) is 12.1 Å². The lowest BCUT2D eigenvalue weighted by molar-refractivity contribution is -0.123. The second kappa shape index (κ2) is 7.73. The maximum atomic E-state index is 13.2. The smallest absolute Gasteiger partial charge is 0.275 e. The van der Waals surface area contributed by atoms with Gasteiger partial charge in [-0.05, 0) is 18.6 Å². The highest BCUT2D eigenvalue weighted by molar-refractivity contribution is 6.03. The molecule has 1 unspecified atom stereocenters. The Labute approximate surface area is 174 Å². The van der Waals surface area contributed by atoms with Crippen LogP contribution in [0.2, 0.25) is 0 Å². The molecule has 0 bridgehead atoms. The molecule has 1 fully saturated rings. The van der Waals surface area contributed by atoms with Crippen LogP contribution >= 0.6 is 0 Å². The zero-order valence-corrected chi connectivity index (χ0v) is 16.8. The predicted molar refractivity (Wildman–Crippen MR) is 107 cm³/mol. The molecule has 1 aromatic carbocycles. The summed E-state index contributed by atoms with van der Waals surface area (Å²) in [7, 11) is 1.71. The average molecular weight is 412 g/mol. The number of aromatic nitrogens is 2. The van der Waals surface area contributed by atoms with Crippen molar-refractivity contribution in [1.29, 1.82) is 0 Å². The zero-order chi connectivity index (χ0) is 20.7. The fourth-order valence-electron chi connectivity index (χ4n) is 4.21. The van der Waals surface area contributed by atoms with Gasteiger partial charge in [-0.25, -0.2) is 0 Å². The van der Waals surface area contributed by atoms with Crippen molar-refractivity contribution < 1.29 is 23.8 Å². The van der Waals surface area contributed by atoms with Gasteiger partial charge in [-0.15, -0.1) is 0 Å². The number of carbonyl (C=O) groups is 2. The van der Waals surface area contributed by atoms with E-state index in [1.165, 1.54) is 0 Å². The van der Waals surface area contributed by atoms with Crippen LogP contribution in [-0.2, 0) is 27.2 Å². The molecule has 0 saturated carbocycles. The first-order chi connectivity index (χ1) is 14.6. The lowest BCUT2D eigenvalue weighted by atomic mass is 10.0. The first-order valence-corrected chi connectivity index (χ1v) is 10.2. The largest absolute Gasteiger partial charge is 0.489 e. The normalized spacial score (nSPS) is 24.2. The van der Waals surface area contributed by atoms with Crippen molar-refractivity contribution in [3.05, 3.63) is 41.7 Å². The molecule has 9 nitrogen and oxygen atoms in total. The van der Waals surface area contributed by atoms with Crippen LogP contribution < -0.4 is 9.64 Å². The van der Waals surface area contributed by atoms with Gasteiger partial charge in [0.15, 0.2) is 5.69 Å². The number of rotatable bonds is 3. The lowest BCUT2D eigenvalue weighted by Crippen LogP contribution is -2.54. The fourth-order valence-corrected chi connectivity index (χ4v) is 4.21. The van der Waals surface area contributed by atoms with E-state index in [1.54, 1.807) is 21.5 Å². The number of hydrogen-bond donors (Lipinski definition) is 0. The number of nitrogens with zero attached hydrogens (tertiary/aromatic N) is 4. The summed E-state index contributed by atoms with van der Waals surface area (Å²) in [6, 6.07) is 6.70. The molecule has 3 aliphatic rings. The SMILES string of the molecule is CN1C(=O)[C@@H](N2CCc3cn(CC4COCCO4)nc3C2=O)COc2ccccc21. The van der Waals surface area contributed by atoms with Crippen LogP contribution in [0.4, 0.5) is 5.69 Å². The van der Waals surface area contributed by atoms with Gasteiger partial charge >= 0.3 is 0 Å². The third-order valence-electron chi connectivity index (χ3n) is 5.81. The Kier molecular flexibility index (Phi) is 4.92. The minimum atomic E-state index is -0.691. The molecule has 2 amide bonds. The van der Waals surface area contributed by atoms with Crippen LogP contribution in [0.3, 0.4) is 0 Å². The number of benzene rings is 1. The summed E-state index contributed by atoms with van der Waals surface area (Å²) in [6.45, 7) is 2.79. The molecule has 0 spiro atoms. The number of anilines is 1. The lowest BCUT2D eigenvalue weighted by Gasteiger charge is -2.33. The molecule has 0 radical (unpaired) electrons. The number of para-hydroxylation sites is 2. The highest BCUT2D eigenvalue weighted by Gasteiger charge is 2.39. The molecular formula is C21H24N4O5. The van der Waals surface area contributed by atoms with Gasteiger partial charge in [0.25, 0.3) is 11.8 Å². The number of ether oxygens (including phenoxy) is 3. The topological polar surface area (TPSA) is 86.1 Å². The van der Waals surface area contributed by atoms with Crippen LogP contribution in [0, 0.1) is 0 Å². The highest BCUT2D eigenvalue weighted by Crippen LogP contribution is 2.32. The van der Waals surface area contributed by atoms with Gasteiger partial charge in [0.1, 0.15) is 24.5 Å². The van der Waals surface area contributed by atoms with Crippen molar-refractivity contribution in [3.8, 4) is 5.75 Å². The minimum Gasteiger partial charge on any atom is -0.489 e. The molecule has 30 heavy (non-hydrogen) atoms. The van der Waals surface area contributed by atoms with Crippen molar-refractivity contribution >= 4 is 17.5 Å². The maximum absolute atomic E-state index is 13.2. The van der Waals surface area contributed by atoms with Gasteiger partial charge in [0.2, 0.25) is 0 Å². The molecule has 0 N–H and O–H groups in total. The van der Waals surface area contributed by atoms with Gasteiger partial charge < -0.3 is 24.0 Å². The van der Waals surface area contributed by atoms with E-state index < -0.39 is 6.04 Å². The Morgan fingerprint density at radius 1 is 1.17 bits per heavy atom. The van der Waals surface area contributed by atoms with E-state index in [0.717, 1.165) is 5.56 Å². The molecule has 4 heterocycles. The summed E-state index contributed by atoms with van der Waals surface area (Å²) < 4.78 is 18.8. The van der Waals surface area contributed by atoms with Crippen molar-refractivity contribution in [2.45, 2.75) is 25.1 Å². The Hall–Kier alpha value is -2.91.